The van der Waals surface area contributed by atoms with Gasteiger partial charge in [-0.1, -0.05) is 42.1 Å². The lowest BCUT2D eigenvalue weighted by molar-refractivity contribution is -0.125. The second kappa shape index (κ2) is 7.36. The zero-order chi connectivity index (χ0) is 20.6. The Balaban J connectivity index is 1.59. The summed E-state index contributed by atoms with van der Waals surface area (Å²) in [6.07, 6.45) is 1.64. The number of para-hydroxylation sites is 3. The smallest absolute Gasteiger partial charge is 0.250 e. The van der Waals surface area contributed by atoms with Crippen molar-refractivity contribution in [3.8, 4) is 5.69 Å². The van der Waals surface area contributed by atoms with E-state index in [4.69, 9.17) is 0 Å². The van der Waals surface area contributed by atoms with Crippen molar-refractivity contribution >= 4 is 35.0 Å². The van der Waals surface area contributed by atoms with E-state index in [1.54, 1.807) is 31.1 Å². The number of carbonyl (C=O) groups is 2. The number of carbonyl (C=O) groups excluding carboxylic acids is 2. The maximum atomic E-state index is 13.2. The van der Waals surface area contributed by atoms with Crippen LogP contribution in [-0.2, 0) is 9.59 Å². The largest absolute Gasteiger partial charge is 0.322 e. The van der Waals surface area contributed by atoms with E-state index in [9.17, 15) is 9.59 Å². The number of anilines is 2. The summed E-state index contributed by atoms with van der Waals surface area (Å²) in [4.78, 5) is 27.3. The van der Waals surface area contributed by atoms with E-state index in [1.165, 1.54) is 11.8 Å². The number of hydrogen-bond acceptors (Lipinski definition) is 5. The molecule has 2 heterocycles. The molecule has 2 amide bonds. The number of nitrogens with zero attached hydrogens (tertiary/aromatic N) is 4. The van der Waals surface area contributed by atoms with Crippen LogP contribution in [0.3, 0.4) is 0 Å². The maximum absolute atomic E-state index is 13.2. The summed E-state index contributed by atoms with van der Waals surface area (Å²) in [6, 6.07) is 15.3. The molecule has 0 fully saturated rings. The molecule has 0 bridgehead atoms. The van der Waals surface area contributed by atoms with Gasteiger partial charge in [-0.05, 0) is 44.5 Å². The normalized spacial score (nSPS) is 15.0. The molecule has 0 saturated heterocycles. The molecule has 2 aromatic carbocycles. The number of aromatic nitrogens is 3. The van der Waals surface area contributed by atoms with Gasteiger partial charge in [-0.2, -0.15) is 0 Å². The van der Waals surface area contributed by atoms with Gasteiger partial charge in [-0.25, -0.2) is 0 Å². The lowest BCUT2D eigenvalue weighted by Crippen LogP contribution is -2.59. The minimum absolute atomic E-state index is 0.135. The van der Waals surface area contributed by atoms with Crippen molar-refractivity contribution in [2.24, 2.45) is 0 Å². The van der Waals surface area contributed by atoms with Crippen molar-refractivity contribution in [2.45, 2.75) is 31.5 Å². The van der Waals surface area contributed by atoms with Crippen molar-refractivity contribution in [1.29, 1.82) is 0 Å². The first-order valence-corrected chi connectivity index (χ1v) is 10.2. The summed E-state index contributed by atoms with van der Waals surface area (Å²) < 4.78 is 1.87. The molecule has 1 aliphatic heterocycles. The number of benzene rings is 2. The Morgan fingerprint density at radius 1 is 1.10 bits per heavy atom. The number of aryl methyl sites for hydroxylation is 1. The second-order valence-corrected chi connectivity index (χ2v) is 8.26. The summed E-state index contributed by atoms with van der Waals surface area (Å²) in [7, 11) is 0. The number of hydrogen-bond donors (Lipinski definition) is 1. The first kappa shape index (κ1) is 19.2. The van der Waals surface area contributed by atoms with Crippen LogP contribution in [0.5, 0.6) is 0 Å². The molecular weight excluding hydrogens is 386 g/mol. The van der Waals surface area contributed by atoms with Crippen LogP contribution in [0.2, 0.25) is 0 Å². The molecule has 4 rings (SSSR count). The highest BCUT2D eigenvalue weighted by atomic mass is 32.2. The van der Waals surface area contributed by atoms with Crippen molar-refractivity contribution in [2.75, 3.05) is 16.0 Å². The molecule has 7 nitrogen and oxygen atoms in total. The Morgan fingerprint density at radius 3 is 2.55 bits per heavy atom. The zero-order valence-corrected chi connectivity index (χ0v) is 17.2. The van der Waals surface area contributed by atoms with E-state index >= 15 is 0 Å². The van der Waals surface area contributed by atoms with E-state index in [1.807, 2.05) is 54.0 Å². The van der Waals surface area contributed by atoms with E-state index in [0.717, 1.165) is 11.3 Å². The van der Waals surface area contributed by atoms with Gasteiger partial charge < -0.3 is 5.32 Å². The van der Waals surface area contributed by atoms with Crippen LogP contribution >= 0.6 is 11.8 Å². The highest BCUT2D eigenvalue weighted by Crippen LogP contribution is 2.37. The zero-order valence-electron chi connectivity index (χ0n) is 16.4. The molecule has 8 heteroatoms. The fraction of sp³-hybridized carbons (Fsp3) is 0.238. The summed E-state index contributed by atoms with van der Waals surface area (Å²) in [6.45, 7) is 5.51. The average Bonchev–Trinajstić information content (AvgIpc) is 3.15. The Labute approximate surface area is 173 Å². The third-order valence-corrected chi connectivity index (χ3v) is 5.90. The predicted octanol–water partition coefficient (Wildman–Crippen LogP) is 3.43. The highest BCUT2D eigenvalue weighted by molar-refractivity contribution is 7.99. The average molecular weight is 407 g/mol. The second-order valence-electron chi connectivity index (χ2n) is 7.32. The lowest BCUT2D eigenvalue weighted by Gasteiger charge is -2.42. The Kier molecular flexibility index (Phi) is 4.87. The molecule has 0 saturated carbocycles. The first-order valence-electron chi connectivity index (χ1n) is 9.22. The lowest BCUT2D eigenvalue weighted by atomic mass is 9.96. The number of fused-ring (bicyclic) bond motifs is 1. The fourth-order valence-electron chi connectivity index (χ4n) is 3.41. The quantitative estimate of drug-likeness (QED) is 0.670. The molecule has 1 aliphatic rings. The summed E-state index contributed by atoms with van der Waals surface area (Å²) in [5.41, 5.74) is 2.40. The molecule has 0 spiro atoms. The molecule has 0 aliphatic carbocycles. The van der Waals surface area contributed by atoms with Gasteiger partial charge in [0.15, 0.2) is 5.16 Å². The van der Waals surface area contributed by atoms with Gasteiger partial charge in [-0.15, -0.1) is 10.2 Å². The van der Waals surface area contributed by atoms with Crippen LogP contribution in [0, 0.1) is 6.92 Å². The Morgan fingerprint density at radius 2 is 1.79 bits per heavy atom. The Bertz CT molecular complexity index is 1090. The van der Waals surface area contributed by atoms with Gasteiger partial charge in [0.05, 0.1) is 22.8 Å². The molecule has 3 aromatic rings. The third-order valence-electron chi connectivity index (χ3n) is 4.97. The molecule has 29 heavy (non-hydrogen) atoms. The first-order chi connectivity index (χ1) is 13.9. The van der Waals surface area contributed by atoms with Gasteiger partial charge in [-0.3, -0.25) is 19.1 Å². The van der Waals surface area contributed by atoms with Gasteiger partial charge >= 0.3 is 0 Å². The number of rotatable bonds is 4. The third kappa shape index (κ3) is 3.40. The van der Waals surface area contributed by atoms with Crippen molar-refractivity contribution in [1.82, 2.24) is 14.8 Å². The summed E-state index contributed by atoms with van der Waals surface area (Å²) in [5.74, 6) is -0.241. The minimum atomic E-state index is -0.990. The monoisotopic (exact) mass is 407 g/mol. The van der Waals surface area contributed by atoms with Crippen molar-refractivity contribution in [3.63, 3.8) is 0 Å². The molecule has 0 atom stereocenters. The van der Waals surface area contributed by atoms with Gasteiger partial charge in [0.25, 0.3) is 0 Å². The molecule has 148 valence electrons. The van der Waals surface area contributed by atoms with Crippen LogP contribution in [0.25, 0.3) is 5.69 Å². The molecule has 1 N–H and O–H groups in total. The van der Waals surface area contributed by atoms with Gasteiger partial charge in [0.2, 0.25) is 11.8 Å². The maximum Gasteiger partial charge on any atom is 0.250 e. The fourth-order valence-corrected chi connectivity index (χ4v) is 4.18. The topological polar surface area (TPSA) is 80.1 Å². The molecular formula is C21H21N5O2S. The standard InChI is InChI=1S/C21H21N5O2S/c1-14-8-4-6-10-16(14)25-13-22-24-20(25)29-12-18(27)26-17-11-7-5-9-15(17)23-19(28)21(26,2)3/h4-11,13H,12H2,1-3H3,(H,23,28). The molecule has 1 aromatic heterocycles. The minimum Gasteiger partial charge on any atom is -0.322 e. The summed E-state index contributed by atoms with van der Waals surface area (Å²) >= 11 is 1.30. The van der Waals surface area contributed by atoms with Crippen LogP contribution < -0.4 is 10.2 Å². The van der Waals surface area contributed by atoms with E-state index < -0.39 is 5.54 Å². The van der Waals surface area contributed by atoms with E-state index in [0.29, 0.717) is 16.5 Å². The van der Waals surface area contributed by atoms with Crippen molar-refractivity contribution < 1.29 is 9.59 Å². The van der Waals surface area contributed by atoms with Crippen LogP contribution in [0.15, 0.2) is 60.0 Å². The van der Waals surface area contributed by atoms with Crippen molar-refractivity contribution in [3.05, 3.63) is 60.4 Å². The molecule has 0 unspecified atom stereocenters. The van der Waals surface area contributed by atoms with Gasteiger partial charge in [0.1, 0.15) is 11.9 Å². The van der Waals surface area contributed by atoms with Crippen LogP contribution in [-0.4, -0.2) is 37.9 Å². The summed E-state index contributed by atoms with van der Waals surface area (Å²) in [5, 5.41) is 11.7. The molecule has 0 radical (unpaired) electrons. The highest BCUT2D eigenvalue weighted by Gasteiger charge is 2.43. The number of amides is 2. The number of nitrogens with one attached hydrogen (secondary N) is 1. The van der Waals surface area contributed by atoms with Gasteiger partial charge in [0, 0.05) is 0 Å². The number of thioether (sulfide) groups is 1. The SMILES string of the molecule is Cc1ccccc1-n1cnnc1SCC(=O)N1c2ccccc2NC(=O)C1(C)C. The van der Waals surface area contributed by atoms with E-state index in [-0.39, 0.29) is 17.6 Å². The Hall–Kier alpha value is -3.13. The predicted molar refractivity (Wildman–Crippen MR) is 113 cm³/mol. The van der Waals surface area contributed by atoms with E-state index in [2.05, 4.69) is 15.5 Å². The van der Waals surface area contributed by atoms with Crippen LogP contribution in [0.4, 0.5) is 11.4 Å². The van der Waals surface area contributed by atoms with Crippen LogP contribution in [0.1, 0.15) is 19.4 Å².